The molecule has 1 nitrogen and oxygen atoms in total. The van der Waals surface area contributed by atoms with Gasteiger partial charge in [-0.3, -0.25) is 4.79 Å². The van der Waals surface area contributed by atoms with E-state index in [0.29, 0.717) is 0 Å². The van der Waals surface area contributed by atoms with Gasteiger partial charge in [-0.05, 0) is 21.9 Å². The van der Waals surface area contributed by atoms with Crippen LogP contribution in [0.2, 0.25) is 0 Å². The zero-order chi connectivity index (χ0) is 13.8. The molecule has 0 aliphatic heterocycles. The summed E-state index contributed by atoms with van der Waals surface area (Å²) in [6, 6.07) is 22.0. The average Bonchev–Trinajstić information content (AvgIpc) is 2.53. The van der Waals surface area contributed by atoms with E-state index in [0.717, 1.165) is 33.7 Å². The third-order valence-electron chi connectivity index (χ3n) is 3.37. The summed E-state index contributed by atoms with van der Waals surface area (Å²) < 4.78 is 0. The van der Waals surface area contributed by atoms with E-state index in [1.54, 1.807) is 0 Å². The average molecular weight is 258 g/mol. The monoisotopic (exact) mass is 258 g/mol. The molecule has 0 atom stereocenters. The number of carbonyl (C=O) groups excluding carboxylic acids is 1. The molecule has 3 rings (SSSR count). The fourth-order valence-corrected chi connectivity index (χ4v) is 2.34. The van der Waals surface area contributed by atoms with Gasteiger partial charge in [0.2, 0.25) is 0 Å². The van der Waals surface area contributed by atoms with E-state index in [1.807, 2.05) is 54.6 Å². The molecule has 0 saturated carbocycles. The molecule has 0 fully saturated rings. The molecule has 0 heterocycles. The summed E-state index contributed by atoms with van der Waals surface area (Å²) in [5, 5.41) is 2.10. The molecule has 3 aromatic carbocycles. The van der Waals surface area contributed by atoms with Gasteiger partial charge < -0.3 is 0 Å². The first-order valence-corrected chi connectivity index (χ1v) is 6.58. The van der Waals surface area contributed by atoms with Crippen LogP contribution in [-0.4, -0.2) is 6.29 Å². The zero-order valence-electron chi connectivity index (χ0n) is 11.0. The number of rotatable bonds is 3. The van der Waals surface area contributed by atoms with E-state index < -0.39 is 0 Å². The molecule has 20 heavy (non-hydrogen) atoms. The van der Waals surface area contributed by atoms with E-state index >= 15 is 0 Å². The van der Waals surface area contributed by atoms with Crippen LogP contribution < -0.4 is 0 Å². The van der Waals surface area contributed by atoms with Gasteiger partial charge in [0.15, 0.2) is 6.29 Å². The largest absolute Gasteiger partial charge is 0.298 e. The van der Waals surface area contributed by atoms with Gasteiger partial charge in [0.25, 0.3) is 0 Å². The molecule has 0 amide bonds. The highest BCUT2D eigenvalue weighted by molar-refractivity contribution is 6.02. The lowest BCUT2D eigenvalue weighted by Gasteiger charge is -2.04. The Labute approximate surface area is 118 Å². The lowest BCUT2D eigenvalue weighted by molar-refractivity contribution is 0.112. The number of fused-ring (bicyclic) bond motifs is 1. The number of aldehydes is 1. The number of hydrogen-bond donors (Lipinski definition) is 0. The third kappa shape index (κ3) is 2.39. The lowest BCUT2D eigenvalue weighted by Crippen LogP contribution is -1.86. The second kappa shape index (κ2) is 5.54. The van der Waals surface area contributed by atoms with Crippen molar-refractivity contribution in [1.82, 2.24) is 0 Å². The predicted octanol–water partition coefficient (Wildman–Crippen LogP) is 4.82. The van der Waals surface area contributed by atoms with Crippen molar-refractivity contribution in [3.8, 4) is 0 Å². The summed E-state index contributed by atoms with van der Waals surface area (Å²) in [7, 11) is 0. The summed E-state index contributed by atoms with van der Waals surface area (Å²) in [6.45, 7) is 0. The molecule has 0 aliphatic carbocycles. The summed E-state index contributed by atoms with van der Waals surface area (Å²) in [4.78, 5) is 11.1. The quantitative estimate of drug-likeness (QED) is 0.486. The van der Waals surface area contributed by atoms with Crippen LogP contribution in [0, 0.1) is 0 Å². The summed E-state index contributed by atoms with van der Waals surface area (Å²) in [5.74, 6) is 0. The summed E-state index contributed by atoms with van der Waals surface area (Å²) >= 11 is 0. The minimum atomic E-state index is 0.734. The molecule has 0 unspecified atom stereocenters. The van der Waals surface area contributed by atoms with Crippen molar-refractivity contribution in [3.63, 3.8) is 0 Å². The molecule has 1 heteroatoms. The highest BCUT2D eigenvalue weighted by Gasteiger charge is 2.02. The van der Waals surface area contributed by atoms with E-state index in [-0.39, 0.29) is 0 Å². The van der Waals surface area contributed by atoms with E-state index in [2.05, 4.69) is 24.3 Å². The molecule has 0 saturated heterocycles. The molecule has 0 aromatic heterocycles. The Balaban J connectivity index is 2.09. The first kappa shape index (κ1) is 12.4. The van der Waals surface area contributed by atoms with Gasteiger partial charge in [-0.15, -0.1) is 0 Å². The fourth-order valence-electron chi connectivity index (χ4n) is 2.34. The van der Waals surface area contributed by atoms with Crippen LogP contribution in [0.3, 0.4) is 0 Å². The van der Waals surface area contributed by atoms with Gasteiger partial charge in [0.1, 0.15) is 0 Å². The van der Waals surface area contributed by atoms with E-state index in [1.165, 1.54) is 0 Å². The Bertz CT molecular complexity index is 770. The SMILES string of the molecule is O=Cc1ccc(C=Cc2ccccc2)c2ccccc12. The highest BCUT2D eigenvalue weighted by Crippen LogP contribution is 2.23. The first-order chi connectivity index (χ1) is 9.88. The lowest BCUT2D eigenvalue weighted by atomic mass is 9.99. The van der Waals surface area contributed by atoms with Crippen molar-refractivity contribution >= 4 is 29.2 Å². The van der Waals surface area contributed by atoms with Crippen molar-refractivity contribution in [2.24, 2.45) is 0 Å². The molecule has 96 valence electrons. The maximum absolute atomic E-state index is 11.1. The second-order valence-electron chi connectivity index (χ2n) is 4.65. The minimum Gasteiger partial charge on any atom is -0.298 e. The molecule has 3 aromatic rings. The maximum atomic E-state index is 11.1. The molecule has 0 aliphatic rings. The van der Waals surface area contributed by atoms with Gasteiger partial charge in [-0.2, -0.15) is 0 Å². The highest BCUT2D eigenvalue weighted by atomic mass is 16.1. The van der Waals surface area contributed by atoms with Gasteiger partial charge in [0, 0.05) is 5.56 Å². The van der Waals surface area contributed by atoms with Crippen LogP contribution in [0.15, 0.2) is 66.7 Å². The number of hydrogen-bond acceptors (Lipinski definition) is 1. The Hall–Kier alpha value is -2.67. The Morgan fingerprint density at radius 2 is 1.20 bits per heavy atom. The van der Waals surface area contributed by atoms with Crippen molar-refractivity contribution in [1.29, 1.82) is 0 Å². The van der Waals surface area contributed by atoms with Crippen LogP contribution in [0.5, 0.6) is 0 Å². The van der Waals surface area contributed by atoms with Crippen LogP contribution >= 0.6 is 0 Å². The molecule has 0 radical (unpaired) electrons. The van der Waals surface area contributed by atoms with Gasteiger partial charge in [0.05, 0.1) is 0 Å². The Morgan fingerprint density at radius 1 is 0.600 bits per heavy atom. The molecular formula is C19H14O. The van der Waals surface area contributed by atoms with Gasteiger partial charge >= 0.3 is 0 Å². The topological polar surface area (TPSA) is 17.1 Å². The van der Waals surface area contributed by atoms with Gasteiger partial charge in [-0.25, -0.2) is 0 Å². The van der Waals surface area contributed by atoms with Crippen LogP contribution in [0.4, 0.5) is 0 Å². The molecular weight excluding hydrogens is 244 g/mol. The standard InChI is InChI=1S/C19H14O/c20-14-17-13-12-16(18-8-4-5-9-19(17)18)11-10-15-6-2-1-3-7-15/h1-14H. The number of carbonyl (C=O) groups is 1. The Kier molecular flexibility index (Phi) is 3.42. The van der Waals surface area contributed by atoms with Crippen LogP contribution in [0.25, 0.3) is 22.9 Å². The first-order valence-electron chi connectivity index (χ1n) is 6.58. The smallest absolute Gasteiger partial charge is 0.150 e. The van der Waals surface area contributed by atoms with Crippen LogP contribution in [-0.2, 0) is 0 Å². The summed E-state index contributed by atoms with van der Waals surface area (Å²) in [5.41, 5.74) is 3.02. The minimum absolute atomic E-state index is 0.734. The predicted molar refractivity (Wildman–Crippen MR) is 84.7 cm³/mol. The normalized spacial score (nSPS) is 11.0. The molecule has 0 bridgehead atoms. The Morgan fingerprint density at radius 3 is 1.90 bits per heavy atom. The van der Waals surface area contributed by atoms with Crippen molar-refractivity contribution < 1.29 is 4.79 Å². The van der Waals surface area contributed by atoms with Crippen molar-refractivity contribution in [2.45, 2.75) is 0 Å². The fraction of sp³-hybridized carbons (Fsp3) is 0. The van der Waals surface area contributed by atoms with Crippen molar-refractivity contribution in [2.75, 3.05) is 0 Å². The zero-order valence-corrected chi connectivity index (χ0v) is 11.0. The van der Waals surface area contributed by atoms with Crippen LogP contribution in [0.1, 0.15) is 21.5 Å². The molecule has 0 N–H and O–H groups in total. The number of benzene rings is 3. The maximum Gasteiger partial charge on any atom is 0.150 e. The second-order valence-corrected chi connectivity index (χ2v) is 4.65. The summed E-state index contributed by atoms with van der Waals surface area (Å²) in [6.07, 6.45) is 5.08. The third-order valence-corrected chi connectivity index (χ3v) is 3.37. The van der Waals surface area contributed by atoms with E-state index in [9.17, 15) is 4.79 Å². The molecule has 0 spiro atoms. The van der Waals surface area contributed by atoms with Crippen molar-refractivity contribution in [3.05, 3.63) is 83.4 Å². The van der Waals surface area contributed by atoms with E-state index in [4.69, 9.17) is 0 Å². The van der Waals surface area contributed by atoms with Gasteiger partial charge in [-0.1, -0.05) is 78.9 Å².